The third-order valence-corrected chi connectivity index (χ3v) is 3.34. The minimum Gasteiger partial charge on any atom is -0.394 e. The van der Waals surface area contributed by atoms with E-state index in [-0.39, 0.29) is 17.1 Å². The van der Waals surface area contributed by atoms with E-state index in [1.807, 2.05) is 0 Å². The van der Waals surface area contributed by atoms with Gasteiger partial charge >= 0.3 is 0 Å². The summed E-state index contributed by atoms with van der Waals surface area (Å²) < 4.78 is 6.69. The molecule has 4 atom stereocenters. The number of aliphatic hydroxyl groups is 2. The van der Waals surface area contributed by atoms with E-state index in [4.69, 9.17) is 20.8 Å². The standard InChI is InChI=1S/C10H13N5O6/c11-10-13-7-4(8(18)14-10)12-2-15(7)9-5(17)6(21-19)3(1-16)20-9/h2-3,5-6,9,16-17,19H,1H2,(H3,11,13,14,18)/t3-,5?,6?,9-/m1/s1. The van der Waals surface area contributed by atoms with Gasteiger partial charge in [-0.1, -0.05) is 0 Å². The third kappa shape index (κ3) is 2.07. The third-order valence-electron chi connectivity index (χ3n) is 3.34. The summed E-state index contributed by atoms with van der Waals surface area (Å²) in [6, 6.07) is 0. The minimum atomic E-state index is -1.30. The number of anilines is 1. The Morgan fingerprint density at radius 1 is 1.57 bits per heavy atom. The van der Waals surface area contributed by atoms with Crippen LogP contribution >= 0.6 is 0 Å². The molecule has 3 rings (SSSR count). The second-order valence-corrected chi connectivity index (χ2v) is 4.58. The quantitative estimate of drug-likeness (QED) is 0.312. The van der Waals surface area contributed by atoms with Gasteiger partial charge in [0, 0.05) is 0 Å². The van der Waals surface area contributed by atoms with Crippen LogP contribution in [0.5, 0.6) is 0 Å². The van der Waals surface area contributed by atoms with E-state index < -0.39 is 36.7 Å². The van der Waals surface area contributed by atoms with Crippen LogP contribution in [0.25, 0.3) is 11.2 Å². The Morgan fingerprint density at radius 2 is 2.33 bits per heavy atom. The van der Waals surface area contributed by atoms with Crippen LogP contribution in [0, 0.1) is 0 Å². The van der Waals surface area contributed by atoms with E-state index in [9.17, 15) is 9.90 Å². The maximum Gasteiger partial charge on any atom is 0.280 e. The van der Waals surface area contributed by atoms with Gasteiger partial charge in [0.05, 0.1) is 12.9 Å². The van der Waals surface area contributed by atoms with Gasteiger partial charge in [-0.2, -0.15) is 4.98 Å². The maximum atomic E-state index is 11.7. The fourth-order valence-electron chi connectivity index (χ4n) is 2.36. The summed E-state index contributed by atoms with van der Waals surface area (Å²) in [5.74, 6) is -0.115. The van der Waals surface area contributed by atoms with Crippen molar-refractivity contribution in [2.75, 3.05) is 12.3 Å². The Morgan fingerprint density at radius 3 is 2.95 bits per heavy atom. The molecule has 0 bridgehead atoms. The lowest BCUT2D eigenvalue weighted by Gasteiger charge is -2.16. The molecule has 2 aromatic rings. The molecule has 1 aliphatic rings. The fraction of sp³-hybridized carbons (Fsp3) is 0.500. The van der Waals surface area contributed by atoms with E-state index in [0.29, 0.717) is 0 Å². The monoisotopic (exact) mass is 299 g/mol. The highest BCUT2D eigenvalue weighted by Gasteiger charge is 2.46. The summed E-state index contributed by atoms with van der Waals surface area (Å²) in [4.78, 5) is 25.9. The molecule has 0 aliphatic carbocycles. The molecule has 0 radical (unpaired) electrons. The molecule has 2 aromatic heterocycles. The predicted molar refractivity (Wildman–Crippen MR) is 67.1 cm³/mol. The van der Waals surface area contributed by atoms with Crippen molar-refractivity contribution in [2.45, 2.75) is 24.5 Å². The normalized spacial score (nSPS) is 29.3. The van der Waals surface area contributed by atoms with Crippen molar-refractivity contribution >= 4 is 17.1 Å². The Hall–Kier alpha value is -2.05. The first-order chi connectivity index (χ1) is 10.1. The van der Waals surface area contributed by atoms with Crippen LogP contribution in [0.15, 0.2) is 11.1 Å². The van der Waals surface area contributed by atoms with E-state index in [2.05, 4.69) is 19.8 Å². The van der Waals surface area contributed by atoms with Crippen molar-refractivity contribution in [1.82, 2.24) is 19.5 Å². The number of hydrogen-bond acceptors (Lipinski definition) is 9. The molecule has 11 heteroatoms. The molecule has 0 aromatic carbocycles. The molecular formula is C10H13N5O6. The Balaban J connectivity index is 2.07. The number of hydrogen-bond donors (Lipinski definition) is 5. The lowest BCUT2D eigenvalue weighted by atomic mass is 10.1. The van der Waals surface area contributed by atoms with E-state index in [0.717, 1.165) is 0 Å². The van der Waals surface area contributed by atoms with Gasteiger partial charge in [-0.05, 0) is 0 Å². The fourth-order valence-corrected chi connectivity index (χ4v) is 2.36. The van der Waals surface area contributed by atoms with E-state index in [1.54, 1.807) is 0 Å². The van der Waals surface area contributed by atoms with Gasteiger partial charge in [-0.3, -0.25) is 19.6 Å². The highest BCUT2D eigenvalue weighted by molar-refractivity contribution is 5.70. The van der Waals surface area contributed by atoms with Crippen LogP contribution in [-0.4, -0.2) is 59.9 Å². The zero-order valence-corrected chi connectivity index (χ0v) is 10.6. The van der Waals surface area contributed by atoms with Crippen LogP contribution in [0.4, 0.5) is 5.95 Å². The Bertz CT molecular complexity index is 714. The van der Waals surface area contributed by atoms with Gasteiger partial charge in [0.25, 0.3) is 5.56 Å². The molecule has 6 N–H and O–H groups in total. The number of rotatable bonds is 3. The van der Waals surface area contributed by atoms with Crippen LogP contribution in [0.2, 0.25) is 0 Å². The molecule has 21 heavy (non-hydrogen) atoms. The summed E-state index contributed by atoms with van der Waals surface area (Å²) >= 11 is 0. The molecule has 1 aliphatic heterocycles. The molecule has 0 spiro atoms. The first-order valence-electron chi connectivity index (χ1n) is 6.03. The molecule has 11 nitrogen and oxygen atoms in total. The molecule has 3 heterocycles. The van der Waals surface area contributed by atoms with Gasteiger partial charge in [0.2, 0.25) is 5.95 Å². The highest BCUT2D eigenvalue weighted by Crippen LogP contribution is 2.32. The molecule has 2 unspecified atom stereocenters. The maximum absolute atomic E-state index is 11.7. The largest absolute Gasteiger partial charge is 0.394 e. The average molecular weight is 299 g/mol. The number of nitrogens with zero attached hydrogens (tertiary/aromatic N) is 3. The number of H-pyrrole nitrogens is 1. The van der Waals surface area contributed by atoms with Gasteiger partial charge < -0.3 is 20.7 Å². The lowest BCUT2D eigenvalue weighted by molar-refractivity contribution is -0.300. The van der Waals surface area contributed by atoms with Crippen molar-refractivity contribution in [3.8, 4) is 0 Å². The highest BCUT2D eigenvalue weighted by atomic mass is 17.1. The van der Waals surface area contributed by atoms with Crippen LogP contribution in [0.1, 0.15) is 6.23 Å². The van der Waals surface area contributed by atoms with Crippen molar-refractivity contribution in [2.24, 2.45) is 0 Å². The number of aromatic nitrogens is 4. The minimum absolute atomic E-state index is 0.0221. The molecule has 0 saturated carbocycles. The van der Waals surface area contributed by atoms with E-state index in [1.165, 1.54) is 10.9 Å². The lowest BCUT2D eigenvalue weighted by Crippen LogP contribution is -2.35. The van der Waals surface area contributed by atoms with Crippen molar-refractivity contribution in [3.05, 3.63) is 16.7 Å². The first-order valence-corrected chi connectivity index (χ1v) is 6.03. The predicted octanol–water partition coefficient (Wildman–Crippen LogP) is -2.19. The summed E-state index contributed by atoms with van der Waals surface area (Å²) in [6.45, 7) is -0.471. The summed E-state index contributed by atoms with van der Waals surface area (Å²) in [7, 11) is 0. The number of nitrogen functional groups attached to an aromatic ring is 1. The van der Waals surface area contributed by atoms with Crippen LogP contribution in [-0.2, 0) is 9.62 Å². The smallest absolute Gasteiger partial charge is 0.280 e. The average Bonchev–Trinajstić information content (AvgIpc) is 2.99. The number of ether oxygens (including phenoxy) is 1. The van der Waals surface area contributed by atoms with Crippen molar-refractivity contribution < 1.29 is 25.1 Å². The first kappa shape index (κ1) is 13.9. The van der Waals surface area contributed by atoms with Gasteiger partial charge in [0.1, 0.15) is 12.2 Å². The van der Waals surface area contributed by atoms with Gasteiger partial charge in [-0.25, -0.2) is 9.87 Å². The number of aliphatic hydroxyl groups excluding tert-OH is 2. The molecule has 1 saturated heterocycles. The van der Waals surface area contributed by atoms with Crippen LogP contribution < -0.4 is 11.3 Å². The SMILES string of the molecule is Nc1nc2c(ncn2[C@@H]2O[C@H](CO)C(OO)C2O)c(=O)[nH]1. The van der Waals surface area contributed by atoms with Gasteiger partial charge in [0.15, 0.2) is 23.5 Å². The summed E-state index contributed by atoms with van der Waals surface area (Å²) in [5.41, 5.74) is 5.08. The molecular weight excluding hydrogens is 286 g/mol. The van der Waals surface area contributed by atoms with Gasteiger partial charge in [-0.15, -0.1) is 0 Å². The zero-order valence-electron chi connectivity index (χ0n) is 10.6. The molecule has 114 valence electrons. The second-order valence-electron chi connectivity index (χ2n) is 4.58. The number of nitrogens with two attached hydrogens (primary N) is 1. The Kier molecular flexibility index (Phi) is 3.35. The van der Waals surface area contributed by atoms with Crippen molar-refractivity contribution in [3.63, 3.8) is 0 Å². The number of aromatic amines is 1. The van der Waals surface area contributed by atoms with Crippen LogP contribution in [0.3, 0.4) is 0 Å². The van der Waals surface area contributed by atoms with E-state index >= 15 is 0 Å². The second kappa shape index (κ2) is 5.05. The number of nitrogens with one attached hydrogen (secondary N) is 1. The summed E-state index contributed by atoms with van der Waals surface area (Å²) in [5, 5.41) is 28.1. The number of imidazole rings is 1. The topological polar surface area (TPSA) is 169 Å². The summed E-state index contributed by atoms with van der Waals surface area (Å²) in [6.07, 6.45) is -3.18. The van der Waals surface area contributed by atoms with Crippen molar-refractivity contribution in [1.29, 1.82) is 0 Å². The molecule has 1 fully saturated rings. The Labute approximate surface area is 116 Å². The molecule has 0 amide bonds. The number of fused-ring (bicyclic) bond motifs is 1. The zero-order chi connectivity index (χ0) is 15.1.